The SMILES string of the molecule is Clc1nc(Cl)c2c(n1)OCCC2. The first-order valence-corrected chi connectivity index (χ1v) is 4.37. The first kappa shape index (κ1) is 8.08. The Morgan fingerprint density at radius 3 is 2.92 bits per heavy atom. The van der Waals surface area contributed by atoms with Crippen molar-refractivity contribution in [2.75, 3.05) is 6.61 Å². The molecule has 1 aliphatic heterocycles. The van der Waals surface area contributed by atoms with E-state index in [1.54, 1.807) is 0 Å². The lowest BCUT2D eigenvalue weighted by Gasteiger charge is -2.15. The molecular formula is C7H6Cl2N2O. The van der Waals surface area contributed by atoms with E-state index in [4.69, 9.17) is 27.9 Å². The Kier molecular flexibility index (Phi) is 2.07. The molecule has 0 aromatic carbocycles. The summed E-state index contributed by atoms with van der Waals surface area (Å²) in [7, 11) is 0. The lowest BCUT2D eigenvalue weighted by Crippen LogP contribution is -2.11. The van der Waals surface area contributed by atoms with Gasteiger partial charge in [-0.05, 0) is 24.4 Å². The Morgan fingerprint density at radius 1 is 1.25 bits per heavy atom. The summed E-state index contributed by atoms with van der Waals surface area (Å²) in [6.07, 6.45) is 1.82. The molecule has 5 heteroatoms. The number of halogens is 2. The average Bonchev–Trinajstić information content (AvgIpc) is 2.04. The van der Waals surface area contributed by atoms with Gasteiger partial charge in [-0.1, -0.05) is 11.6 Å². The molecule has 0 aliphatic carbocycles. The van der Waals surface area contributed by atoms with Crippen LogP contribution in [0.3, 0.4) is 0 Å². The third-order valence-corrected chi connectivity index (χ3v) is 2.18. The zero-order valence-electron chi connectivity index (χ0n) is 6.18. The fourth-order valence-corrected chi connectivity index (χ4v) is 1.62. The van der Waals surface area contributed by atoms with Gasteiger partial charge in [-0.15, -0.1) is 0 Å². The molecule has 2 heterocycles. The molecule has 0 unspecified atom stereocenters. The summed E-state index contributed by atoms with van der Waals surface area (Å²) in [6.45, 7) is 0.677. The minimum absolute atomic E-state index is 0.139. The Bertz CT molecular complexity index is 317. The van der Waals surface area contributed by atoms with Crippen molar-refractivity contribution in [2.45, 2.75) is 12.8 Å². The number of hydrogen-bond donors (Lipinski definition) is 0. The minimum atomic E-state index is 0.139. The smallest absolute Gasteiger partial charge is 0.227 e. The van der Waals surface area contributed by atoms with Crippen LogP contribution in [0.15, 0.2) is 0 Å². The van der Waals surface area contributed by atoms with Gasteiger partial charge in [0.05, 0.1) is 12.2 Å². The van der Waals surface area contributed by atoms with E-state index in [1.165, 1.54) is 0 Å². The van der Waals surface area contributed by atoms with E-state index in [9.17, 15) is 0 Å². The quantitative estimate of drug-likeness (QED) is 0.480. The molecule has 0 atom stereocenters. The second-order valence-electron chi connectivity index (χ2n) is 2.52. The maximum Gasteiger partial charge on any atom is 0.227 e. The number of hydrogen-bond acceptors (Lipinski definition) is 3. The predicted molar refractivity (Wildman–Crippen MR) is 45.9 cm³/mol. The van der Waals surface area contributed by atoms with Crippen LogP contribution in [0.1, 0.15) is 12.0 Å². The van der Waals surface area contributed by atoms with Crippen molar-refractivity contribution in [3.63, 3.8) is 0 Å². The molecule has 1 aromatic heterocycles. The second kappa shape index (κ2) is 3.07. The molecule has 64 valence electrons. The Labute approximate surface area is 79.7 Å². The van der Waals surface area contributed by atoms with Gasteiger partial charge < -0.3 is 4.74 Å². The third kappa shape index (κ3) is 1.34. The maximum absolute atomic E-state index is 5.83. The fraction of sp³-hybridized carbons (Fsp3) is 0.429. The molecule has 1 aliphatic rings. The molecule has 0 amide bonds. The molecule has 0 N–H and O–H groups in total. The van der Waals surface area contributed by atoms with Gasteiger partial charge in [-0.3, -0.25) is 0 Å². The summed E-state index contributed by atoms with van der Waals surface area (Å²) in [5.41, 5.74) is 0.868. The molecule has 3 nitrogen and oxygen atoms in total. The van der Waals surface area contributed by atoms with Gasteiger partial charge in [0.1, 0.15) is 5.15 Å². The van der Waals surface area contributed by atoms with Crippen LogP contribution in [0.25, 0.3) is 0 Å². The van der Waals surface area contributed by atoms with Gasteiger partial charge >= 0.3 is 0 Å². The van der Waals surface area contributed by atoms with Crippen molar-refractivity contribution in [3.8, 4) is 5.88 Å². The van der Waals surface area contributed by atoms with Gasteiger partial charge in [0.15, 0.2) is 0 Å². The van der Waals surface area contributed by atoms with Gasteiger partial charge in [0, 0.05) is 0 Å². The normalized spacial score (nSPS) is 15.2. The summed E-state index contributed by atoms with van der Waals surface area (Å²) in [5, 5.41) is 0.547. The monoisotopic (exact) mass is 204 g/mol. The topological polar surface area (TPSA) is 35.0 Å². The Morgan fingerprint density at radius 2 is 2.08 bits per heavy atom. The minimum Gasteiger partial charge on any atom is -0.477 e. The Balaban J connectivity index is 2.53. The zero-order valence-corrected chi connectivity index (χ0v) is 7.69. The van der Waals surface area contributed by atoms with Crippen LogP contribution >= 0.6 is 23.2 Å². The van der Waals surface area contributed by atoms with E-state index in [1.807, 2.05) is 0 Å². The van der Waals surface area contributed by atoms with Crippen LogP contribution in [0.2, 0.25) is 10.4 Å². The third-order valence-electron chi connectivity index (χ3n) is 1.70. The summed E-state index contributed by atoms with van der Waals surface area (Å²) in [5.74, 6) is 0.534. The lowest BCUT2D eigenvalue weighted by atomic mass is 10.1. The van der Waals surface area contributed by atoms with Crippen LogP contribution in [0.5, 0.6) is 5.88 Å². The van der Waals surface area contributed by atoms with E-state index in [2.05, 4.69) is 9.97 Å². The highest BCUT2D eigenvalue weighted by Crippen LogP contribution is 2.28. The predicted octanol–water partition coefficient (Wildman–Crippen LogP) is 2.11. The fourth-order valence-electron chi connectivity index (χ4n) is 1.16. The molecule has 0 saturated carbocycles. The standard InChI is InChI=1S/C7H6Cl2N2O/c8-5-4-2-1-3-12-6(4)11-7(9)10-5/h1-3H2. The van der Waals surface area contributed by atoms with Crippen molar-refractivity contribution >= 4 is 23.2 Å². The second-order valence-corrected chi connectivity index (χ2v) is 3.22. The lowest BCUT2D eigenvalue weighted by molar-refractivity contribution is 0.275. The van der Waals surface area contributed by atoms with Crippen LogP contribution in [-0.2, 0) is 6.42 Å². The van der Waals surface area contributed by atoms with Crippen molar-refractivity contribution in [3.05, 3.63) is 16.0 Å². The van der Waals surface area contributed by atoms with Crippen LogP contribution < -0.4 is 4.74 Å². The summed E-state index contributed by atoms with van der Waals surface area (Å²) in [6, 6.07) is 0. The zero-order chi connectivity index (χ0) is 8.55. The molecule has 0 spiro atoms. The molecule has 0 radical (unpaired) electrons. The molecule has 0 bridgehead atoms. The molecule has 1 aromatic rings. The van der Waals surface area contributed by atoms with Crippen LogP contribution in [-0.4, -0.2) is 16.6 Å². The maximum atomic E-state index is 5.83. The van der Waals surface area contributed by atoms with Crippen molar-refractivity contribution in [2.24, 2.45) is 0 Å². The molecular weight excluding hydrogens is 199 g/mol. The summed E-state index contributed by atoms with van der Waals surface area (Å²) >= 11 is 11.4. The number of fused-ring (bicyclic) bond motifs is 1. The molecule has 12 heavy (non-hydrogen) atoms. The highest BCUT2D eigenvalue weighted by Gasteiger charge is 2.16. The van der Waals surface area contributed by atoms with Crippen LogP contribution in [0, 0.1) is 0 Å². The number of nitrogens with zero attached hydrogens (tertiary/aromatic N) is 2. The van der Waals surface area contributed by atoms with E-state index in [-0.39, 0.29) is 5.28 Å². The van der Waals surface area contributed by atoms with E-state index in [0.29, 0.717) is 17.6 Å². The summed E-state index contributed by atoms with van der Waals surface area (Å²) < 4.78 is 5.27. The number of aromatic nitrogens is 2. The van der Waals surface area contributed by atoms with Gasteiger partial charge in [0.25, 0.3) is 0 Å². The highest BCUT2D eigenvalue weighted by atomic mass is 35.5. The Hall–Kier alpha value is -0.540. The van der Waals surface area contributed by atoms with E-state index >= 15 is 0 Å². The first-order valence-electron chi connectivity index (χ1n) is 3.62. The van der Waals surface area contributed by atoms with Gasteiger partial charge in [-0.2, -0.15) is 4.98 Å². The first-order chi connectivity index (χ1) is 5.77. The van der Waals surface area contributed by atoms with Crippen molar-refractivity contribution < 1.29 is 4.74 Å². The van der Waals surface area contributed by atoms with Crippen molar-refractivity contribution in [1.29, 1.82) is 0 Å². The largest absolute Gasteiger partial charge is 0.477 e. The van der Waals surface area contributed by atoms with Gasteiger partial charge in [-0.25, -0.2) is 4.98 Å². The summed E-state index contributed by atoms with van der Waals surface area (Å²) in [4.78, 5) is 7.75. The number of rotatable bonds is 0. The molecule has 0 saturated heterocycles. The molecule has 0 fully saturated rings. The highest BCUT2D eigenvalue weighted by molar-refractivity contribution is 6.32. The van der Waals surface area contributed by atoms with Gasteiger partial charge in [0.2, 0.25) is 11.2 Å². The number of ether oxygens (including phenoxy) is 1. The van der Waals surface area contributed by atoms with Crippen molar-refractivity contribution in [1.82, 2.24) is 9.97 Å². The average molecular weight is 205 g/mol. The van der Waals surface area contributed by atoms with E-state index in [0.717, 1.165) is 18.4 Å². The molecule has 2 rings (SSSR count). The van der Waals surface area contributed by atoms with E-state index < -0.39 is 0 Å². The van der Waals surface area contributed by atoms with Crippen LogP contribution in [0.4, 0.5) is 0 Å².